The predicted molar refractivity (Wildman–Crippen MR) is 90.9 cm³/mol. The number of carbonyl (C=O) groups excluding carboxylic acids is 1. The number of hydrogen-bond acceptors (Lipinski definition) is 4. The number of nitrogens with two attached hydrogens (primary N) is 1. The predicted octanol–water partition coefficient (Wildman–Crippen LogP) is 3.60. The monoisotopic (exact) mass is 343 g/mol. The molecule has 0 aliphatic rings. The van der Waals surface area contributed by atoms with Gasteiger partial charge in [0, 0.05) is 10.4 Å². The zero-order chi connectivity index (χ0) is 15.6. The summed E-state index contributed by atoms with van der Waals surface area (Å²) in [5.41, 5.74) is 7.37. The normalized spacial score (nSPS) is 11.9. The Balaban J connectivity index is 0.00000242. The standard InChI is InChI=1S/C15H18FN3OS.ClH/c1-8(2)12(17)14(20)19-15-18-13(9(3)21-15)10-4-6-11(16)7-5-10;/h4-8,12H,17H2,1-3H3,(H,18,19,20);1H/t12-;/m0./s1. The SMILES string of the molecule is Cc1sc(NC(=O)[C@@H](N)C(C)C)nc1-c1ccc(F)cc1.Cl. The molecule has 1 heterocycles. The second kappa shape index (κ2) is 7.67. The van der Waals surface area contributed by atoms with E-state index in [1.165, 1.54) is 23.5 Å². The molecule has 3 N–H and O–H groups in total. The third-order valence-electron chi connectivity index (χ3n) is 3.17. The second-order valence-corrected chi connectivity index (χ2v) is 6.39. The van der Waals surface area contributed by atoms with Gasteiger partial charge >= 0.3 is 0 Å². The molecule has 1 aromatic carbocycles. The van der Waals surface area contributed by atoms with Crippen LogP contribution in [0.25, 0.3) is 11.3 Å². The van der Waals surface area contributed by atoms with E-state index < -0.39 is 6.04 Å². The van der Waals surface area contributed by atoms with Crippen molar-refractivity contribution in [2.75, 3.05) is 5.32 Å². The Bertz CT molecular complexity index is 643. The lowest BCUT2D eigenvalue weighted by Gasteiger charge is -2.13. The largest absolute Gasteiger partial charge is 0.320 e. The van der Waals surface area contributed by atoms with Crippen LogP contribution in [-0.2, 0) is 4.79 Å². The van der Waals surface area contributed by atoms with Gasteiger partial charge in [0.15, 0.2) is 5.13 Å². The Morgan fingerprint density at radius 1 is 1.32 bits per heavy atom. The number of amides is 1. The molecule has 0 aliphatic carbocycles. The Morgan fingerprint density at radius 2 is 1.91 bits per heavy atom. The molecule has 1 aromatic heterocycles. The number of hydrogen-bond donors (Lipinski definition) is 2. The molecule has 22 heavy (non-hydrogen) atoms. The Labute approximate surface area is 139 Å². The summed E-state index contributed by atoms with van der Waals surface area (Å²) in [6.07, 6.45) is 0. The number of nitrogens with zero attached hydrogens (tertiary/aromatic N) is 1. The number of thiazole rings is 1. The molecular weight excluding hydrogens is 325 g/mol. The molecule has 0 aliphatic heterocycles. The van der Waals surface area contributed by atoms with Gasteiger partial charge in [0.2, 0.25) is 5.91 Å². The molecule has 120 valence electrons. The zero-order valence-electron chi connectivity index (χ0n) is 12.6. The number of rotatable bonds is 4. The van der Waals surface area contributed by atoms with Crippen molar-refractivity contribution in [3.8, 4) is 11.3 Å². The van der Waals surface area contributed by atoms with E-state index >= 15 is 0 Å². The van der Waals surface area contributed by atoms with Gasteiger partial charge in [-0.05, 0) is 37.1 Å². The highest BCUT2D eigenvalue weighted by Crippen LogP contribution is 2.30. The highest BCUT2D eigenvalue weighted by atomic mass is 35.5. The second-order valence-electron chi connectivity index (χ2n) is 5.19. The number of halogens is 2. The number of aromatic nitrogens is 1. The van der Waals surface area contributed by atoms with Gasteiger partial charge in [-0.15, -0.1) is 23.7 Å². The summed E-state index contributed by atoms with van der Waals surface area (Å²) in [6.45, 7) is 5.69. The number of aryl methyl sites for hydroxylation is 1. The van der Waals surface area contributed by atoms with Crippen molar-refractivity contribution < 1.29 is 9.18 Å². The fraction of sp³-hybridized carbons (Fsp3) is 0.333. The van der Waals surface area contributed by atoms with Gasteiger partial charge < -0.3 is 11.1 Å². The third-order valence-corrected chi connectivity index (χ3v) is 4.05. The van der Waals surface area contributed by atoms with E-state index in [1.807, 2.05) is 20.8 Å². The van der Waals surface area contributed by atoms with Crippen molar-refractivity contribution >= 4 is 34.8 Å². The molecule has 2 rings (SSSR count). The summed E-state index contributed by atoms with van der Waals surface area (Å²) in [5, 5.41) is 3.24. The molecular formula is C15H19ClFN3OS. The van der Waals surface area contributed by atoms with Gasteiger partial charge in [0.25, 0.3) is 0 Å². The average molecular weight is 344 g/mol. The number of anilines is 1. The first-order chi connectivity index (χ1) is 9.88. The first-order valence-electron chi connectivity index (χ1n) is 6.68. The van der Waals surface area contributed by atoms with Crippen LogP contribution < -0.4 is 11.1 Å². The van der Waals surface area contributed by atoms with Crippen LogP contribution in [0.2, 0.25) is 0 Å². The van der Waals surface area contributed by atoms with E-state index in [2.05, 4.69) is 10.3 Å². The van der Waals surface area contributed by atoms with Crippen molar-refractivity contribution in [3.63, 3.8) is 0 Å². The fourth-order valence-corrected chi connectivity index (χ4v) is 2.66. The molecule has 0 saturated carbocycles. The van der Waals surface area contributed by atoms with Crippen LogP contribution in [-0.4, -0.2) is 16.9 Å². The van der Waals surface area contributed by atoms with Crippen LogP contribution in [0, 0.1) is 18.7 Å². The van der Waals surface area contributed by atoms with E-state index in [-0.39, 0.29) is 30.0 Å². The minimum Gasteiger partial charge on any atom is -0.320 e. The molecule has 0 saturated heterocycles. The van der Waals surface area contributed by atoms with E-state index in [0.29, 0.717) is 5.13 Å². The molecule has 0 bridgehead atoms. The minimum atomic E-state index is -0.566. The number of nitrogens with one attached hydrogen (secondary N) is 1. The number of benzene rings is 1. The number of carbonyl (C=O) groups is 1. The van der Waals surface area contributed by atoms with Crippen LogP contribution in [0.3, 0.4) is 0 Å². The molecule has 0 unspecified atom stereocenters. The van der Waals surface area contributed by atoms with Crippen molar-refractivity contribution in [3.05, 3.63) is 35.0 Å². The Kier molecular flexibility index (Phi) is 6.47. The summed E-state index contributed by atoms with van der Waals surface area (Å²) in [7, 11) is 0. The average Bonchev–Trinajstić information content (AvgIpc) is 2.79. The summed E-state index contributed by atoms with van der Waals surface area (Å²) < 4.78 is 13.0. The Hall–Kier alpha value is -1.50. The summed E-state index contributed by atoms with van der Waals surface area (Å²) in [4.78, 5) is 17.3. The molecule has 4 nitrogen and oxygen atoms in total. The maximum absolute atomic E-state index is 13.0. The highest BCUT2D eigenvalue weighted by Gasteiger charge is 2.19. The quantitative estimate of drug-likeness (QED) is 0.891. The highest BCUT2D eigenvalue weighted by molar-refractivity contribution is 7.16. The van der Waals surface area contributed by atoms with E-state index in [0.717, 1.165) is 16.1 Å². The molecule has 0 radical (unpaired) electrons. The molecule has 7 heteroatoms. The van der Waals surface area contributed by atoms with Crippen molar-refractivity contribution in [1.29, 1.82) is 0 Å². The van der Waals surface area contributed by atoms with Crippen LogP contribution in [0.5, 0.6) is 0 Å². The van der Waals surface area contributed by atoms with Gasteiger partial charge in [-0.1, -0.05) is 13.8 Å². The molecule has 2 aromatic rings. The first-order valence-corrected chi connectivity index (χ1v) is 7.50. The van der Waals surface area contributed by atoms with Crippen LogP contribution in [0.1, 0.15) is 18.7 Å². The van der Waals surface area contributed by atoms with E-state index in [4.69, 9.17) is 5.73 Å². The zero-order valence-corrected chi connectivity index (χ0v) is 14.2. The van der Waals surface area contributed by atoms with Gasteiger partial charge in [0.1, 0.15) is 5.82 Å². The third kappa shape index (κ3) is 4.25. The van der Waals surface area contributed by atoms with Crippen LogP contribution in [0.15, 0.2) is 24.3 Å². The minimum absolute atomic E-state index is 0. The molecule has 0 fully saturated rings. The molecule has 1 amide bonds. The maximum Gasteiger partial charge on any atom is 0.243 e. The van der Waals surface area contributed by atoms with E-state index in [9.17, 15) is 9.18 Å². The van der Waals surface area contributed by atoms with Gasteiger partial charge in [0.05, 0.1) is 11.7 Å². The lowest BCUT2D eigenvalue weighted by atomic mass is 10.1. The van der Waals surface area contributed by atoms with Crippen molar-refractivity contribution in [1.82, 2.24) is 4.98 Å². The summed E-state index contributed by atoms with van der Waals surface area (Å²) in [5.74, 6) is -0.477. The summed E-state index contributed by atoms with van der Waals surface area (Å²) in [6, 6.07) is 5.55. The molecule has 1 atom stereocenters. The lowest BCUT2D eigenvalue weighted by Crippen LogP contribution is -2.39. The lowest BCUT2D eigenvalue weighted by molar-refractivity contribution is -0.118. The van der Waals surface area contributed by atoms with Gasteiger partial charge in [-0.25, -0.2) is 9.37 Å². The van der Waals surface area contributed by atoms with Gasteiger partial charge in [-0.2, -0.15) is 0 Å². The Morgan fingerprint density at radius 3 is 2.45 bits per heavy atom. The topological polar surface area (TPSA) is 68.0 Å². The molecule has 0 spiro atoms. The van der Waals surface area contributed by atoms with Gasteiger partial charge in [-0.3, -0.25) is 4.79 Å². The van der Waals surface area contributed by atoms with Crippen molar-refractivity contribution in [2.45, 2.75) is 26.8 Å². The summed E-state index contributed by atoms with van der Waals surface area (Å²) >= 11 is 1.38. The fourth-order valence-electron chi connectivity index (χ4n) is 1.82. The van der Waals surface area contributed by atoms with Crippen molar-refractivity contribution in [2.24, 2.45) is 11.7 Å². The van der Waals surface area contributed by atoms with Crippen LogP contribution in [0.4, 0.5) is 9.52 Å². The van der Waals surface area contributed by atoms with E-state index in [1.54, 1.807) is 12.1 Å². The smallest absolute Gasteiger partial charge is 0.243 e. The maximum atomic E-state index is 13.0. The first kappa shape index (κ1) is 18.5. The van der Waals surface area contributed by atoms with Crippen LogP contribution >= 0.6 is 23.7 Å².